The summed E-state index contributed by atoms with van der Waals surface area (Å²) in [7, 11) is 0. The molecule has 1 aromatic carbocycles. The van der Waals surface area contributed by atoms with Crippen LogP contribution < -0.4 is 15.0 Å². The third-order valence-corrected chi connectivity index (χ3v) is 5.26. The van der Waals surface area contributed by atoms with Gasteiger partial charge in [-0.15, -0.1) is 13.2 Å². The van der Waals surface area contributed by atoms with Crippen LogP contribution in [0.1, 0.15) is 25.3 Å². The quantitative estimate of drug-likeness (QED) is 0.648. The number of nitrogens with zero attached hydrogens (tertiary/aromatic N) is 3. The van der Waals surface area contributed by atoms with Gasteiger partial charge in [-0.05, 0) is 61.7 Å². The first kappa shape index (κ1) is 22.4. The first-order valence-electron chi connectivity index (χ1n) is 10.0. The summed E-state index contributed by atoms with van der Waals surface area (Å²) in [6, 6.07) is 7.17. The number of nitrogens with one attached hydrogen (secondary N) is 1. The number of halogens is 3. The topological polar surface area (TPSA) is 101 Å². The van der Waals surface area contributed by atoms with Crippen LogP contribution in [-0.2, 0) is 16.1 Å². The summed E-state index contributed by atoms with van der Waals surface area (Å²) in [4.78, 5) is 44.3. The highest BCUT2D eigenvalue weighted by molar-refractivity contribution is 6.24. The molecule has 1 saturated heterocycles. The lowest BCUT2D eigenvalue weighted by Gasteiger charge is -2.21. The summed E-state index contributed by atoms with van der Waals surface area (Å²) >= 11 is 0. The monoisotopic (exact) mass is 464 g/mol. The molecule has 1 N–H and O–H groups in total. The second-order valence-corrected chi connectivity index (χ2v) is 7.48. The molecule has 0 atom stereocenters. The summed E-state index contributed by atoms with van der Waals surface area (Å²) in [6.07, 6.45) is -3.11. The Kier molecular flexibility index (Phi) is 5.60. The third-order valence-electron chi connectivity index (χ3n) is 5.26. The highest BCUT2D eigenvalue weighted by Gasteiger charge is 2.65. The van der Waals surface area contributed by atoms with Crippen molar-refractivity contribution < 1.29 is 37.0 Å². The van der Waals surface area contributed by atoms with Crippen LogP contribution in [0.15, 0.2) is 42.6 Å². The minimum absolute atomic E-state index is 0.0797. The number of pyridine rings is 1. The van der Waals surface area contributed by atoms with Gasteiger partial charge in [-0.2, -0.15) is 0 Å². The molecule has 1 spiro atoms. The van der Waals surface area contributed by atoms with Gasteiger partial charge in [0, 0.05) is 12.7 Å². The van der Waals surface area contributed by atoms with Crippen LogP contribution in [0, 0.1) is 0 Å². The first-order chi connectivity index (χ1) is 15.6. The molecule has 174 valence electrons. The van der Waals surface area contributed by atoms with Gasteiger partial charge in [-0.3, -0.25) is 10.1 Å². The Morgan fingerprint density at radius 2 is 1.88 bits per heavy atom. The van der Waals surface area contributed by atoms with E-state index in [9.17, 15) is 27.6 Å². The van der Waals surface area contributed by atoms with Crippen LogP contribution in [0.25, 0.3) is 0 Å². The molecule has 0 unspecified atom stereocenters. The number of amides is 4. The average molecular weight is 464 g/mol. The van der Waals surface area contributed by atoms with E-state index in [1.165, 1.54) is 23.2 Å². The molecule has 2 heterocycles. The minimum Gasteiger partial charge on any atom is -0.450 e. The number of alkyl halides is 3. The zero-order chi connectivity index (χ0) is 23.8. The van der Waals surface area contributed by atoms with E-state index in [1.807, 2.05) is 0 Å². The molecule has 4 rings (SSSR count). The summed E-state index contributed by atoms with van der Waals surface area (Å²) in [5.41, 5.74) is -0.219. The number of benzene rings is 1. The lowest BCUT2D eigenvalue weighted by molar-refractivity contribution is -0.274. The smallest absolute Gasteiger partial charge is 0.450 e. The molecule has 2 aromatic rings. The standard InChI is InChI=1S/C21H19F3N4O5/c1-2-32-18(30)26-16-11-13(7-10-25-16)12-27-19(31)28(17(29)20(27)8-9-20)14-3-5-15(6-4-14)33-21(22,23)24/h3-7,10-11H,2,8-9,12H2,1H3,(H,25,26,30). The van der Waals surface area contributed by atoms with Crippen LogP contribution >= 0.6 is 0 Å². The van der Waals surface area contributed by atoms with Gasteiger partial charge in [0.2, 0.25) is 0 Å². The number of carbonyl (C=O) groups excluding carboxylic acids is 3. The van der Waals surface area contributed by atoms with E-state index in [-0.39, 0.29) is 24.7 Å². The van der Waals surface area contributed by atoms with E-state index in [2.05, 4.69) is 15.0 Å². The number of ether oxygens (including phenoxy) is 2. The molecular formula is C21H19F3N4O5. The van der Waals surface area contributed by atoms with Gasteiger partial charge in [-0.25, -0.2) is 19.5 Å². The fraction of sp³-hybridized carbons (Fsp3) is 0.333. The van der Waals surface area contributed by atoms with Crippen LogP contribution in [0.4, 0.5) is 34.3 Å². The number of rotatable bonds is 6. The molecule has 2 fully saturated rings. The largest absolute Gasteiger partial charge is 0.573 e. The van der Waals surface area contributed by atoms with E-state index < -0.39 is 35.7 Å². The van der Waals surface area contributed by atoms with Crippen molar-refractivity contribution in [1.82, 2.24) is 9.88 Å². The normalized spacial score (nSPS) is 16.8. The van der Waals surface area contributed by atoms with Crippen molar-refractivity contribution in [3.8, 4) is 5.75 Å². The van der Waals surface area contributed by atoms with Crippen LogP contribution in [0.3, 0.4) is 0 Å². The number of carbonyl (C=O) groups is 3. The number of hydrogen-bond donors (Lipinski definition) is 1. The second kappa shape index (κ2) is 8.26. The zero-order valence-electron chi connectivity index (χ0n) is 17.4. The van der Waals surface area contributed by atoms with Crippen molar-refractivity contribution in [3.05, 3.63) is 48.2 Å². The number of aromatic nitrogens is 1. The van der Waals surface area contributed by atoms with Crippen molar-refractivity contribution in [2.24, 2.45) is 0 Å². The van der Waals surface area contributed by atoms with E-state index >= 15 is 0 Å². The Morgan fingerprint density at radius 1 is 1.18 bits per heavy atom. The van der Waals surface area contributed by atoms with Gasteiger partial charge < -0.3 is 14.4 Å². The van der Waals surface area contributed by atoms with Gasteiger partial charge in [0.05, 0.1) is 12.3 Å². The molecule has 12 heteroatoms. The Bertz CT molecular complexity index is 1090. The highest BCUT2D eigenvalue weighted by Crippen LogP contribution is 2.49. The summed E-state index contributed by atoms with van der Waals surface area (Å²) in [6.45, 7) is 1.94. The minimum atomic E-state index is -4.85. The van der Waals surface area contributed by atoms with Gasteiger partial charge in [0.15, 0.2) is 0 Å². The number of hydrogen-bond acceptors (Lipinski definition) is 6. The molecular weight excluding hydrogens is 445 g/mol. The predicted molar refractivity (Wildman–Crippen MR) is 108 cm³/mol. The van der Waals surface area contributed by atoms with Crippen molar-refractivity contribution in [2.75, 3.05) is 16.8 Å². The van der Waals surface area contributed by atoms with Crippen molar-refractivity contribution in [1.29, 1.82) is 0 Å². The maximum atomic E-state index is 13.2. The van der Waals surface area contributed by atoms with E-state index in [0.29, 0.717) is 18.4 Å². The number of urea groups is 1. The Balaban J connectivity index is 1.53. The first-order valence-corrected chi connectivity index (χ1v) is 10.0. The zero-order valence-corrected chi connectivity index (χ0v) is 17.4. The Labute approximate surface area is 186 Å². The van der Waals surface area contributed by atoms with Crippen molar-refractivity contribution in [3.63, 3.8) is 0 Å². The molecule has 2 aliphatic rings. The summed E-state index contributed by atoms with van der Waals surface area (Å²) in [5, 5.41) is 2.48. The maximum Gasteiger partial charge on any atom is 0.573 e. The molecule has 33 heavy (non-hydrogen) atoms. The molecule has 0 radical (unpaired) electrons. The third kappa shape index (κ3) is 4.54. The van der Waals surface area contributed by atoms with Crippen molar-refractivity contribution in [2.45, 2.75) is 38.2 Å². The number of anilines is 2. The van der Waals surface area contributed by atoms with E-state index in [1.54, 1.807) is 19.1 Å². The fourth-order valence-corrected chi connectivity index (χ4v) is 3.66. The summed E-state index contributed by atoms with van der Waals surface area (Å²) in [5.74, 6) is -0.663. The van der Waals surface area contributed by atoms with Crippen LogP contribution in [-0.4, -0.2) is 46.4 Å². The molecule has 1 aliphatic carbocycles. The molecule has 1 saturated carbocycles. The lowest BCUT2D eigenvalue weighted by Crippen LogP contribution is -2.36. The molecule has 0 bridgehead atoms. The molecule has 4 amide bonds. The second-order valence-electron chi connectivity index (χ2n) is 7.48. The average Bonchev–Trinajstić information content (AvgIpc) is 3.51. The molecule has 1 aromatic heterocycles. The predicted octanol–water partition coefficient (Wildman–Crippen LogP) is 4.05. The Hall–Kier alpha value is -3.83. The van der Waals surface area contributed by atoms with Crippen LogP contribution in [0.5, 0.6) is 5.75 Å². The van der Waals surface area contributed by atoms with Crippen molar-refractivity contribution >= 4 is 29.5 Å². The fourth-order valence-electron chi connectivity index (χ4n) is 3.66. The van der Waals surface area contributed by atoms with E-state index in [0.717, 1.165) is 17.0 Å². The lowest BCUT2D eigenvalue weighted by atomic mass is 10.2. The summed E-state index contributed by atoms with van der Waals surface area (Å²) < 4.78 is 45.8. The van der Waals surface area contributed by atoms with Gasteiger partial charge in [0.25, 0.3) is 5.91 Å². The van der Waals surface area contributed by atoms with E-state index in [4.69, 9.17) is 4.74 Å². The number of imide groups is 1. The molecule has 1 aliphatic heterocycles. The highest BCUT2D eigenvalue weighted by atomic mass is 19.4. The van der Waals surface area contributed by atoms with Gasteiger partial charge in [-0.1, -0.05) is 0 Å². The van der Waals surface area contributed by atoms with Gasteiger partial charge >= 0.3 is 18.5 Å². The van der Waals surface area contributed by atoms with Crippen LogP contribution in [0.2, 0.25) is 0 Å². The maximum absolute atomic E-state index is 13.2. The molecule has 9 nitrogen and oxygen atoms in total. The SMILES string of the molecule is CCOC(=O)Nc1cc(CN2C(=O)N(c3ccc(OC(F)(F)F)cc3)C(=O)C23CC3)ccn1. The van der Waals surface area contributed by atoms with Gasteiger partial charge in [0.1, 0.15) is 17.1 Å². The Morgan fingerprint density at radius 3 is 2.48 bits per heavy atom.